The summed E-state index contributed by atoms with van der Waals surface area (Å²) in [5, 5.41) is 4.90. The van der Waals surface area contributed by atoms with Crippen LogP contribution < -0.4 is 18.9 Å². The van der Waals surface area contributed by atoms with Crippen molar-refractivity contribution in [1.82, 2.24) is 0 Å². The van der Waals surface area contributed by atoms with Crippen LogP contribution in [0.25, 0.3) is 21.5 Å². The second-order valence-electron chi connectivity index (χ2n) is 9.70. The van der Waals surface area contributed by atoms with Crippen LogP contribution in [0.15, 0.2) is 60.7 Å². The Bertz CT molecular complexity index is 1130. The molecule has 39 heavy (non-hydrogen) atoms. The fourth-order valence-electron chi connectivity index (χ4n) is 5.01. The first-order chi connectivity index (χ1) is 18.6. The predicted molar refractivity (Wildman–Crippen MR) is 180 cm³/mol. The maximum Gasteiger partial charge on any atom is 1.00 e. The normalized spacial score (nSPS) is 11.3. The molecule has 1 aliphatic rings. The summed E-state index contributed by atoms with van der Waals surface area (Å²) in [5.74, 6) is 0. The molecule has 0 saturated heterocycles. The van der Waals surface area contributed by atoms with E-state index in [1.807, 2.05) is 0 Å². The van der Waals surface area contributed by atoms with Crippen LogP contribution in [-0.2, 0) is 30.0 Å². The Hall–Kier alpha value is -0.000260. The molecule has 4 aromatic carbocycles. The van der Waals surface area contributed by atoms with Crippen LogP contribution in [0.2, 0.25) is 0 Å². The molecule has 0 N–H and O–H groups in total. The van der Waals surface area contributed by atoms with E-state index >= 15 is 0 Å². The van der Waals surface area contributed by atoms with E-state index in [0.29, 0.717) is 0 Å². The zero-order valence-corrected chi connectivity index (χ0v) is 30.3. The Kier molecular flexibility index (Phi) is 19.8. The van der Waals surface area contributed by atoms with Gasteiger partial charge in [0.05, 0.1) is 37.0 Å². The Morgan fingerprint density at radius 1 is 0.590 bits per heavy atom. The van der Waals surface area contributed by atoms with Crippen LogP contribution in [0.3, 0.4) is 0 Å². The standard InChI is InChI=1S/C22H14.2C6H15P.BrH.Li.Pd/c1-2-6-16-10-20-14-22-12-18-8-4-3-7-17(18)11-21(22)13-19(20)9-15(16)5-1;2*1-4-7(5-2)6-3;;;/h1-10H,11-12H2;2*4-6H2,1-3H3;1H;;/q-2;;;;+1;+2/p+1. The van der Waals surface area contributed by atoms with E-state index in [1.54, 1.807) is 0 Å². The third-order valence-electron chi connectivity index (χ3n) is 7.67. The molecule has 0 nitrogen and oxygen atoms in total. The molecule has 208 valence electrons. The van der Waals surface area contributed by atoms with E-state index in [-0.39, 0.29) is 34.7 Å². The molecule has 0 aliphatic heterocycles. The summed E-state index contributed by atoms with van der Waals surface area (Å²) in [7, 11) is 0.275. The van der Waals surface area contributed by atoms with Crippen molar-refractivity contribution >= 4 is 50.8 Å². The molecule has 0 aromatic heterocycles. The van der Waals surface area contributed by atoms with Crippen molar-refractivity contribution in [2.24, 2.45) is 0 Å². The molecule has 0 radical (unpaired) electrons. The van der Waals surface area contributed by atoms with Gasteiger partial charge in [-0.3, -0.25) is 0 Å². The van der Waals surface area contributed by atoms with Gasteiger partial charge >= 0.3 is 49.5 Å². The first-order valence-corrected chi connectivity index (χ1v) is 22.0. The molecule has 0 unspecified atom stereocenters. The summed E-state index contributed by atoms with van der Waals surface area (Å²) >= 11 is 5.35. The van der Waals surface area contributed by atoms with Gasteiger partial charge in [-0.25, -0.2) is 34.0 Å². The maximum absolute atomic E-state index is 3.65. The molecule has 1 aliphatic carbocycles. The Balaban J connectivity index is 0.000000377. The van der Waals surface area contributed by atoms with Gasteiger partial charge in [-0.1, -0.05) is 83.3 Å². The molecule has 0 spiro atoms. The summed E-state index contributed by atoms with van der Waals surface area (Å²) in [6.45, 7) is 13.8. The second-order valence-corrected chi connectivity index (χ2v) is 16.9. The van der Waals surface area contributed by atoms with E-state index in [1.165, 1.54) is 80.8 Å². The molecule has 0 amide bonds. The zero-order valence-electron chi connectivity index (χ0n) is 25.1. The van der Waals surface area contributed by atoms with E-state index in [4.69, 9.17) is 0 Å². The van der Waals surface area contributed by atoms with Gasteiger partial charge in [-0.15, -0.1) is 0 Å². The van der Waals surface area contributed by atoms with E-state index in [2.05, 4.69) is 145 Å². The largest absolute Gasteiger partial charge is 1.00 e. The van der Waals surface area contributed by atoms with Crippen molar-refractivity contribution in [3.63, 3.8) is 0 Å². The van der Waals surface area contributed by atoms with Crippen molar-refractivity contribution in [1.29, 1.82) is 0 Å². The van der Waals surface area contributed by atoms with Gasteiger partial charge < -0.3 is 0 Å². The number of hydrogen-bond acceptors (Lipinski definition) is 0. The maximum atomic E-state index is 3.65. The number of halogens is 1. The molecule has 0 atom stereocenters. The molecule has 0 heterocycles. The summed E-state index contributed by atoms with van der Waals surface area (Å²) in [6, 6.07) is 29.0. The molecular formula is C34H46BrLiP2Pd+2. The number of benzene rings is 4. The average molecular weight is 710 g/mol. The van der Waals surface area contributed by atoms with Gasteiger partial charge in [0.15, 0.2) is 0 Å². The van der Waals surface area contributed by atoms with Crippen LogP contribution in [0.1, 0.15) is 63.8 Å². The molecule has 0 fully saturated rings. The van der Waals surface area contributed by atoms with Crippen LogP contribution in [-0.4, -0.2) is 37.0 Å². The number of rotatable bonds is 6. The monoisotopic (exact) mass is 708 g/mol. The van der Waals surface area contributed by atoms with Gasteiger partial charge in [-0.05, 0) is 57.4 Å². The second kappa shape index (κ2) is 20.8. The van der Waals surface area contributed by atoms with Gasteiger partial charge in [-0.2, -0.15) is 12.1 Å². The van der Waals surface area contributed by atoms with Gasteiger partial charge in [0.1, 0.15) is 0 Å². The van der Waals surface area contributed by atoms with Gasteiger partial charge in [0, 0.05) is 0 Å². The Morgan fingerprint density at radius 2 is 0.897 bits per heavy atom. The fraction of sp³-hybridized carbons (Fsp3) is 0.412. The predicted octanol–water partition coefficient (Wildman–Crippen LogP) is 7.46. The first kappa shape index (κ1) is 37.0. The average Bonchev–Trinajstić information content (AvgIpc) is 2.97. The van der Waals surface area contributed by atoms with E-state index in [9.17, 15) is 0 Å². The SMILES string of the molecule is CC[PH+](CC)CC.CC[PH+](CC)CC.[Br][Pd+].[Li+].[c-]1c2c([c-]c3cc4ccccc4cc13)Cc1ccccc1C2. The van der Waals surface area contributed by atoms with E-state index in [0.717, 1.165) is 12.8 Å². The van der Waals surface area contributed by atoms with Gasteiger partial charge in [0.25, 0.3) is 0 Å². The third kappa shape index (κ3) is 11.3. The van der Waals surface area contributed by atoms with Crippen molar-refractivity contribution in [2.45, 2.75) is 54.4 Å². The van der Waals surface area contributed by atoms with Crippen molar-refractivity contribution in [2.75, 3.05) is 37.0 Å². The topological polar surface area (TPSA) is 0 Å². The third-order valence-corrected chi connectivity index (χ3v) is 13.7. The molecule has 5 rings (SSSR count). The molecule has 5 heteroatoms. The first-order valence-electron chi connectivity index (χ1n) is 14.2. The fourth-order valence-corrected chi connectivity index (χ4v) is 8.01. The van der Waals surface area contributed by atoms with Crippen molar-refractivity contribution in [3.05, 3.63) is 95.1 Å². The van der Waals surface area contributed by atoms with Crippen molar-refractivity contribution < 1.29 is 36.0 Å². The van der Waals surface area contributed by atoms with E-state index < -0.39 is 0 Å². The Morgan fingerprint density at radius 3 is 1.18 bits per heavy atom. The number of fused-ring (bicyclic) bond motifs is 4. The Labute approximate surface area is 271 Å². The minimum Gasteiger partial charge on any atom is -0.242 e. The summed E-state index contributed by atoms with van der Waals surface area (Å²) in [6.07, 6.45) is 10.7. The smallest absolute Gasteiger partial charge is 0.242 e. The number of hydrogen-bond donors (Lipinski definition) is 0. The zero-order chi connectivity index (χ0) is 27.9. The van der Waals surface area contributed by atoms with Crippen LogP contribution in [0.5, 0.6) is 0 Å². The van der Waals surface area contributed by atoms with Gasteiger partial charge in [0.2, 0.25) is 0 Å². The minimum absolute atomic E-state index is 0. The minimum atomic E-state index is 0. The van der Waals surface area contributed by atoms with Crippen LogP contribution >= 0.6 is 29.3 Å². The summed E-state index contributed by atoms with van der Waals surface area (Å²) in [5.41, 5.74) is 5.47. The molecule has 0 saturated carbocycles. The molecule has 0 bridgehead atoms. The quantitative estimate of drug-likeness (QED) is 0.0744. The summed E-state index contributed by atoms with van der Waals surface area (Å²) < 4.78 is 0. The van der Waals surface area contributed by atoms with Crippen LogP contribution in [0, 0.1) is 12.1 Å². The van der Waals surface area contributed by atoms with Crippen molar-refractivity contribution in [3.8, 4) is 0 Å². The summed E-state index contributed by atoms with van der Waals surface area (Å²) in [4.78, 5) is 0. The van der Waals surface area contributed by atoms with Crippen LogP contribution in [0.4, 0.5) is 0 Å². The molecular weight excluding hydrogens is 664 g/mol. The molecule has 4 aromatic rings.